The van der Waals surface area contributed by atoms with Crippen molar-refractivity contribution in [2.75, 3.05) is 6.54 Å². The molecule has 0 aliphatic rings. The fourth-order valence-corrected chi connectivity index (χ4v) is 3.28. The number of rotatable bonds is 6. The molecule has 0 amide bonds. The Kier molecular flexibility index (Phi) is 5.12. The molecule has 4 nitrogen and oxygen atoms in total. The SMILES string of the molecule is CCC(N)(CC)CNS(=O)(=O)c1cc(C)ccc1C. The van der Waals surface area contributed by atoms with Gasteiger partial charge in [0.05, 0.1) is 4.90 Å². The summed E-state index contributed by atoms with van der Waals surface area (Å²) >= 11 is 0. The van der Waals surface area contributed by atoms with Gasteiger partial charge in [0.2, 0.25) is 10.0 Å². The van der Waals surface area contributed by atoms with Gasteiger partial charge < -0.3 is 5.73 Å². The first kappa shape index (κ1) is 16.1. The van der Waals surface area contributed by atoms with E-state index >= 15 is 0 Å². The van der Waals surface area contributed by atoms with Crippen LogP contribution in [0.3, 0.4) is 0 Å². The maximum atomic E-state index is 12.3. The molecule has 0 fully saturated rings. The molecule has 0 atom stereocenters. The highest BCUT2D eigenvalue weighted by Gasteiger charge is 2.24. The van der Waals surface area contributed by atoms with Crippen LogP contribution in [0, 0.1) is 13.8 Å². The van der Waals surface area contributed by atoms with Gasteiger partial charge in [0.1, 0.15) is 0 Å². The van der Waals surface area contributed by atoms with Crippen LogP contribution in [0.25, 0.3) is 0 Å². The van der Waals surface area contributed by atoms with E-state index in [0.717, 1.165) is 24.0 Å². The van der Waals surface area contributed by atoms with Gasteiger partial charge in [0, 0.05) is 12.1 Å². The molecule has 0 aliphatic carbocycles. The summed E-state index contributed by atoms with van der Waals surface area (Å²) in [4.78, 5) is 0.335. The summed E-state index contributed by atoms with van der Waals surface area (Å²) in [7, 11) is -3.50. The molecule has 0 unspecified atom stereocenters. The number of aryl methyl sites for hydroxylation is 2. The summed E-state index contributed by atoms with van der Waals surface area (Å²) in [6.45, 7) is 7.87. The first-order chi connectivity index (χ1) is 8.74. The molecule has 1 aromatic rings. The lowest BCUT2D eigenvalue weighted by Gasteiger charge is -2.26. The Morgan fingerprint density at radius 3 is 2.32 bits per heavy atom. The number of benzene rings is 1. The van der Waals surface area contributed by atoms with Crippen molar-refractivity contribution in [3.05, 3.63) is 29.3 Å². The topological polar surface area (TPSA) is 72.2 Å². The van der Waals surface area contributed by atoms with Crippen LogP contribution in [-0.4, -0.2) is 20.5 Å². The Morgan fingerprint density at radius 1 is 1.21 bits per heavy atom. The first-order valence-corrected chi connectivity index (χ1v) is 8.08. The molecule has 0 saturated heterocycles. The highest BCUT2D eigenvalue weighted by Crippen LogP contribution is 2.18. The van der Waals surface area contributed by atoms with E-state index in [0.29, 0.717) is 4.90 Å². The third-order valence-corrected chi connectivity index (χ3v) is 5.20. The van der Waals surface area contributed by atoms with Gasteiger partial charge in [-0.2, -0.15) is 0 Å². The van der Waals surface area contributed by atoms with Crippen LogP contribution < -0.4 is 10.5 Å². The van der Waals surface area contributed by atoms with E-state index in [1.165, 1.54) is 0 Å². The van der Waals surface area contributed by atoms with E-state index in [4.69, 9.17) is 5.73 Å². The fraction of sp³-hybridized carbons (Fsp3) is 0.571. The molecule has 3 N–H and O–H groups in total. The van der Waals surface area contributed by atoms with E-state index in [1.54, 1.807) is 13.0 Å². The third-order valence-electron chi connectivity index (χ3n) is 3.66. The van der Waals surface area contributed by atoms with Gasteiger partial charge in [-0.1, -0.05) is 26.0 Å². The molecule has 5 heteroatoms. The smallest absolute Gasteiger partial charge is 0.240 e. The lowest BCUT2D eigenvalue weighted by atomic mass is 9.95. The molecule has 1 rings (SSSR count). The minimum absolute atomic E-state index is 0.260. The van der Waals surface area contributed by atoms with Gasteiger partial charge in [-0.05, 0) is 43.9 Å². The summed E-state index contributed by atoms with van der Waals surface area (Å²) in [5.41, 5.74) is 7.31. The van der Waals surface area contributed by atoms with Crippen LogP contribution in [0.1, 0.15) is 37.8 Å². The van der Waals surface area contributed by atoms with Gasteiger partial charge in [0.15, 0.2) is 0 Å². The molecule has 108 valence electrons. The summed E-state index contributed by atoms with van der Waals surface area (Å²) < 4.78 is 27.3. The van der Waals surface area contributed by atoms with Crippen molar-refractivity contribution in [1.29, 1.82) is 0 Å². The van der Waals surface area contributed by atoms with Crippen LogP contribution in [0.5, 0.6) is 0 Å². The van der Waals surface area contributed by atoms with Gasteiger partial charge in [-0.3, -0.25) is 0 Å². The van der Waals surface area contributed by atoms with E-state index in [9.17, 15) is 8.42 Å². The van der Waals surface area contributed by atoms with Crippen LogP contribution >= 0.6 is 0 Å². The molecule has 0 heterocycles. The maximum absolute atomic E-state index is 12.3. The predicted octanol–water partition coefficient (Wildman–Crippen LogP) is 2.10. The molecule has 19 heavy (non-hydrogen) atoms. The predicted molar refractivity (Wildman–Crippen MR) is 78.6 cm³/mol. The maximum Gasteiger partial charge on any atom is 0.240 e. The minimum atomic E-state index is -3.50. The van der Waals surface area contributed by atoms with Crippen molar-refractivity contribution in [1.82, 2.24) is 4.72 Å². The van der Waals surface area contributed by atoms with Crippen molar-refractivity contribution >= 4 is 10.0 Å². The number of sulfonamides is 1. The van der Waals surface area contributed by atoms with Gasteiger partial charge in [-0.15, -0.1) is 0 Å². The van der Waals surface area contributed by atoms with Crippen molar-refractivity contribution in [2.24, 2.45) is 5.73 Å². The van der Waals surface area contributed by atoms with Crippen LogP contribution in [0.4, 0.5) is 0 Å². The third kappa shape index (κ3) is 4.03. The Morgan fingerprint density at radius 2 is 1.79 bits per heavy atom. The normalized spacial score (nSPS) is 12.7. The zero-order chi connectivity index (χ0) is 14.7. The monoisotopic (exact) mass is 284 g/mol. The zero-order valence-corrected chi connectivity index (χ0v) is 13.0. The summed E-state index contributed by atoms with van der Waals surface area (Å²) in [5, 5.41) is 0. The van der Waals surface area contributed by atoms with Crippen molar-refractivity contribution < 1.29 is 8.42 Å². The highest BCUT2D eigenvalue weighted by atomic mass is 32.2. The summed E-state index contributed by atoms with van der Waals surface area (Å²) in [6, 6.07) is 5.41. The molecular weight excluding hydrogens is 260 g/mol. The molecule has 0 bridgehead atoms. The molecule has 1 aromatic carbocycles. The van der Waals surface area contributed by atoms with E-state index in [2.05, 4.69) is 4.72 Å². The Hall–Kier alpha value is -0.910. The van der Waals surface area contributed by atoms with Crippen molar-refractivity contribution in [3.8, 4) is 0 Å². The molecule has 0 aromatic heterocycles. The number of hydrogen-bond donors (Lipinski definition) is 2. The summed E-state index contributed by atoms with van der Waals surface area (Å²) in [6.07, 6.45) is 1.47. The molecule has 0 saturated carbocycles. The highest BCUT2D eigenvalue weighted by molar-refractivity contribution is 7.89. The number of nitrogens with two attached hydrogens (primary N) is 1. The second-order valence-corrected chi connectivity index (χ2v) is 6.90. The average molecular weight is 284 g/mol. The number of nitrogens with one attached hydrogen (secondary N) is 1. The van der Waals surface area contributed by atoms with E-state index in [-0.39, 0.29) is 6.54 Å². The van der Waals surface area contributed by atoms with Crippen molar-refractivity contribution in [2.45, 2.75) is 51.0 Å². The van der Waals surface area contributed by atoms with Crippen LogP contribution in [0.15, 0.2) is 23.1 Å². The fourth-order valence-electron chi connectivity index (χ4n) is 1.81. The van der Waals surface area contributed by atoms with E-state index in [1.807, 2.05) is 32.9 Å². The second-order valence-electron chi connectivity index (χ2n) is 5.16. The standard InChI is InChI=1S/C14H24N2O2S/c1-5-14(15,6-2)10-16-19(17,18)13-9-11(3)7-8-12(13)4/h7-9,16H,5-6,10,15H2,1-4H3. The summed E-state index contributed by atoms with van der Waals surface area (Å²) in [5.74, 6) is 0. The van der Waals surface area contributed by atoms with Gasteiger partial charge in [-0.25, -0.2) is 13.1 Å². The molecule has 0 spiro atoms. The Balaban J connectivity index is 2.96. The zero-order valence-electron chi connectivity index (χ0n) is 12.2. The van der Waals surface area contributed by atoms with Gasteiger partial charge >= 0.3 is 0 Å². The quantitative estimate of drug-likeness (QED) is 0.840. The van der Waals surface area contributed by atoms with Crippen molar-refractivity contribution in [3.63, 3.8) is 0 Å². The number of hydrogen-bond acceptors (Lipinski definition) is 3. The molecule has 0 aliphatic heterocycles. The first-order valence-electron chi connectivity index (χ1n) is 6.60. The van der Waals surface area contributed by atoms with Gasteiger partial charge in [0.25, 0.3) is 0 Å². The van der Waals surface area contributed by atoms with E-state index < -0.39 is 15.6 Å². The van der Waals surface area contributed by atoms with Crippen LogP contribution in [-0.2, 0) is 10.0 Å². The minimum Gasteiger partial charge on any atom is -0.324 e. The largest absolute Gasteiger partial charge is 0.324 e. The second kappa shape index (κ2) is 6.03. The molecule has 0 radical (unpaired) electrons. The Bertz CT molecular complexity index is 534. The van der Waals surface area contributed by atoms with Crippen LogP contribution in [0.2, 0.25) is 0 Å². The lowest BCUT2D eigenvalue weighted by Crippen LogP contribution is -2.49. The average Bonchev–Trinajstić information content (AvgIpc) is 2.39. The molecular formula is C14H24N2O2S. The lowest BCUT2D eigenvalue weighted by molar-refractivity contribution is 0.391. The Labute approximate surface area is 116 Å².